The van der Waals surface area contributed by atoms with Crippen LogP contribution in [-0.2, 0) is 13.1 Å². The summed E-state index contributed by atoms with van der Waals surface area (Å²) in [6.45, 7) is 6.58. The molecule has 7 heteroatoms. The number of carbonyl (C=O) groups excluding carboxylic acids is 1. The quantitative estimate of drug-likeness (QED) is 0.682. The molecule has 2 aromatic heterocycles. The summed E-state index contributed by atoms with van der Waals surface area (Å²) >= 11 is 0. The van der Waals surface area contributed by atoms with E-state index in [0.29, 0.717) is 18.0 Å². The first kappa shape index (κ1) is 18.4. The summed E-state index contributed by atoms with van der Waals surface area (Å²) in [7, 11) is 0. The molecular weight excluding hydrogens is 354 g/mol. The van der Waals surface area contributed by atoms with E-state index in [1.54, 1.807) is 13.0 Å². The lowest BCUT2D eigenvalue weighted by molar-refractivity contribution is 0.0750. The molecule has 0 radical (unpaired) electrons. The summed E-state index contributed by atoms with van der Waals surface area (Å²) in [6, 6.07) is 12.1. The van der Waals surface area contributed by atoms with Crippen LogP contribution in [0.3, 0.4) is 0 Å². The van der Waals surface area contributed by atoms with Gasteiger partial charge in [-0.15, -0.1) is 0 Å². The lowest BCUT2D eigenvalue weighted by Crippen LogP contribution is -2.35. The number of hydrogen-bond acceptors (Lipinski definition) is 5. The van der Waals surface area contributed by atoms with E-state index in [4.69, 9.17) is 4.52 Å². The fraction of sp³-hybridized carbons (Fsp3) is 0.381. The molecule has 0 aliphatic carbocycles. The number of rotatable bonds is 5. The Hall–Kier alpha value is -2.93. The van der Waals surface area contributed by atoms with Crippen LogP contribution in [0.1, 0.15) is 34.1 Å². The van der Waals surface area contributed by atoms with Gasteiger partial charge in [-0.05, 0) is 18.9 Å². The zero-order valence-electron chi connectivity index (χ0n) is 16.1. The van der Waals surface area contributed by atoms with E-state index in [2.05, 4.69) is 43.9 Å². The van der Waals surface area contributed by atoms with Crippen molar-refractivity contribution in [3.05, 3.63) is 71.6 Å². The monoisotopic (exact) mass is 379 g/mol. The van der Waals surface area contributed by atoms with Crippen molar-refractivity contribution in [2.24, 2.45) is 0 Å². The van der Waals surface area contributed by atoms with Crippen LogP contribution in [0.15, 0.2) is 53.3 Å². The van der Waals surface area contributed by atoms with Crippen molar-refractivity contribution in [1.29, 1.82) is 0 Å². The Morgan fingerprint density at radius 3 is 2.75 bits per heavy atom. The van der Waals surface area contributed by atoms with Crippen molar-refractivity contribution in [2.45, 2.75) is 26.4 Å². The van der Waals surface area contributed by atoms with Crippen molar-refractivity contribution in [1.82, 2.24) is 24.5 Å². The second-order valence-electron chi connectivity index (χ2n) is 7.20. The van der Waals surface area contributed by atoms with Gasteiger partial charge in [0, 0.05) is 51.2 Å². The first-order valence-electron chi connectivity index (χ1n) is 9.68. The molecule has 0 atom stereocenters. The second-order valence-corrected chi connectivity index (χ2v) is 7.20. The van der Waals surface area contributed by atoms with Crippen LogP contribution in [0.25, 0.3) is 0 Å². The van der Waals surface area contributed by atoms with Gasteiger partial charge in [0.05, 0.1) is 6.54 Å². The van der Waals surface area contributed by atoms with Crippen LogP contribution in [0, 0.1) is 6.92 Å². The Morgan fingerprint density at radius 1 is 1.11 bits per heavy atom. The second kappa shape index (κ2) is 8.39. The molecule has 0 bridgehead atoms. The topological polar surface area (TPSA) is 67.4 Å². The normalized spacial score (nSPS) is 15.5. The number of hydrogen-bond donors (Lipinski definition) is 0. The molecule has 1 amide bonds. The zero-order valence-corrected chi connectivity index (χ0v) is 16.1. The number of amides is 1. The molecule has 3 heterocycles. The summed E-state index contributed by atoms with van der Waals surface area (Å²) in [6.07, 6.45) is 4.82. The van der Waals surface area contributed by atoms with Gasteiger partial charge in [-0.1, -0.05) is 35.5 Å². The molecular formula is C21H25N5O2. The highest BCUT2D eigenvalue weighted by atomic mass is 16.5. The minimum absolute atomic E-state index is 0.0516. The molecule has 1 aliphatic heterocycles. The molecule has 4 rings (SSSR count). The molecule has 0 unspecified atom stereocenters. The van der Waals surface area contributed by atoms with E-state index in [9.17, 15) is 4.79 Å². The van der Waals surface area contributed by atoms with Crippen LogP contribution >= 0.6 is 0 Å². The predicted octanol–water partition coefficient (Wildman–Crippen LogP) is 2.58. The third-order valence-electron chi connectivity index (χ3n) is 5.09. The maximum absolute atomic E-state index is 12.6. The van der Waals surface area contributed by atoms with E-state index in [0.717, 1.165) is 45.0 Å². The van der Waals surface area contributed by atoms with Gasteiger partial charge in [0.25, 0.3) is 5.91 Å². The molecule has 7 nitrogen and oxygen atoms in total. The third-order valence-corrected chi connectivity index (χ3v) is 5.09. The molecule has 146 valence electrons. The maximum Gasteiger partial charge on any atom is 0.276 e. The van der Waals surface area contributed by atoms with Gasteiger partial charge in [-0.2, -0.15) is 0 Å². The lowest BCUT2D eigenvalue weighted by Gasteiger charge is -2.21. The molecule has 3 aromatic rings. The van der Waals surface area contributed by atoms with E-state index < -0.39 is 0 Å². The van der Waals surface area contributed by atoms with Gasteiger partial charge in [0.1, 0.15) is 11.6 Å². The van der Waals surface area contributed by atoms with Gasteiger partial charge < -0.3 is 14.0 Å². The number of imidazole rings is 1. The van der Waals surface area contributed by atoms with E-state index in [1.807, 2.05) is 23.4 Å². The van der Waals surface area contributed by atoms with Crippen molar-refractivity contribution in [3.8, 4) is 0 Å². The Kier molecular flexibility index (Phi) is 5.53. The molecule has 0 saturated carbocycles. The van der Waals surface area contributed by atoms with Crippen molar-refractivity contribution in [2.75, 3.05) is 26.2 Å². The third kappa shape index (κ3) is 4.31. The number of aromatic nitrogens is 3. The summed E-state index contributed by atoms with van der Waals surface area (Å²) in [5.41, 5.74) is 1.65. The Labute approximate surface area is 164 Å². The average Bonchev–Trinajstić information content (AvgIpc) is 3.26. The molecule has 1 aliphatic rings. The van der Waals surface area contributed by atoms with Gasteiger partial charge in [-0.3, -0.25) is 9.69 Å². The zero-order chi connectivity index (χ0) is 19.3. The predicted molar refractivity (Wildman–Crippen MR) is 105 cm³/mol. The van der Waals surface area contributed by atoms with Crippen molar-refractivity contribution in [3.63, 3.8) is 0 Å². The van der Waals surface area contributed by atoms with E-state index in [-0.39, 0.29) is 5.91 Å². The molecule has 0 spiro atoms. The van der Waals surface area contributed by atoms with Gasteiger partial charge in [0.15, 0.2) is 5.69 Å². The first-order chi connectivity index (χ1) is 13.7. The average molecular weight is 379 g/mol. The Morgan fingerprint density at radius 2 is 1.96 bits per heavy atom. The largest absolute Gasteiger partial charge is 0.361 e. The lowest BCUT2D eigenvalue weighted by atomic mass is 10.2. The molecule has 1 fully saturated rings. The van der Waals surface area contributed by atoms with E-state index >= 15 is 0 Å². The van der Waals surface area contributed by atoms with Crippen LogP contribution in [0.2, 0.25) is 0 Å². The molecule has 1 saturated heterocycles. The minimum atomic E-state index is -0.0516. The Balaban J connectivity index is 1.37. The SMILES string of the molecule is Cc1cc(C(=O)N2CCCN(Cc3nccn3Cc3ccccc3)CC2)no1. The van der Waals surface area contributed by atoms with Crippen LogP contribution in [0.5, 0.6) is 0 Å². The number of nitrogens with zero attached hydrogens (tertiary/aromatic N) is 5. The van der Waals surface area contributed by atoms with Crippen molar-refractivity contribution < 1.29 is 9.32 Å². The summed E-state index contributed by atoms with van der Waals surface area (Å²) < 4.78 is 7.24. The summed E-state index contributed by atoms with van der Waals surface area (Å²) in [5.74, 6) is 1.66. The molecule has 0 N–H and O–H groups in total. The summed E-state index contributed by atoms with van der Waals surface area (Å²) in [4.78, 5) is 21.4. The van der Waals surface area contributed by atoms with Crippen LogP contribution in [0.4, 0.5) is 0 Å². The number of benzene rings is 1. The van der Waals surface area contributed by atoms with E-state index in [1.165, 1.54) is 5.56 Å². The molecule has 1 aromatic carbocycles. The minimum Gasteiger partial charge on any atom is -0.361 e. The fourth-order valence-electron chi connectivity index (χ4n) is 3.58. The first-order valence-corrected chi connectivity index (χ1v) is 9.68. The molecule has 28 heavy (non-hydrogen) atoms. The highest BCUT2D eigenvalue weighted by molar-refractivity contribution is 5.92. The van der Waals surface area contributed by atoms with Crippen LogP contribution in [-0.4, -0.2) is 56.6 Å². The fourth-order valence-corrected chi connectivity index (χ4v) is 3.58. The smallest absolute Gasteiger partial charge is 0.276 e. The number of aryl methyl sites for hydroxylation is 1. The highest BCUT2D eigenvalue weighted by Gasteiger charge is 2.23. The number of carbonyl (C=O) groups is 1. The maximum atomic E-state index is 12.6. The summed E-state index contributed by atoms with van der Waals surface area (Å²) in [5, 5.41) is 3.86. The standard InChI is InChI=1S/C21H25N5O2/c1-17-14-19(23-28-17)21(27)25-10-5-9-24(12-13-25)16-20-22-8-11-26(20)15-18-6-3-2-4-7-18/h2-4,6-8,11,14H,5,9-10,12-13,15-16H2,1H3. The van der Waals surface area contributed by atoms with Gasteiger partial charge >= 0.3 is 0 Å². The van der Waals surface area contributed by atoms with Crippen molar-refractivity contribution >= 4 is 5.91 Å². The van der Waals surface area contributed by atoms with Crippen LogP contribution < -0.4 is 0 Å². The highest BCUT2D eigenvalue weighted by Crippen LogP contribution is 2.13. The van der Waals surface area contributed by atoms with Gasteiger partial charge in [-0.25, -0.2) is 4.98 Å². The van der Waals surface area contributed by atoms with Gasteiger partial charge in [0.2, 0.25) is 0 Å². The Bertz CT molecular complexity index is 918.